The van der Waals surface area contributed by atoms with E-state index >= 15 is 0 Å². The molecule has 1 saturated carbocycles. The number of amides is 2. The molecule has 1 aliphatic carbocycles. The van der Waals surface area contributed by atoms with Gasteiger partial charge in [-0.15, -0.1) is 0 Å². The first-order chi connectivity index (χ1) is 26.1. The number of carbonyl (C=O) groups excluding carboxylic acids is 2. The fraction of sp³-hybridized carbons (Fsp3) is 0.436. The molecule has 0 bridgehead atoms. The van der Waals surface area contributed by atoms with Crippen LogP contribution >= 0.6 is 23.2 Å². The molecule has 2 amide bonds. The zero-order valence-corrected chi connectivity index (χ0v) is 31.8. The number of nitrogens with zero attached hydrogens (tertiary/aromatic N) is 5. The van der Waals surface area contributed by atoms with Gasteiger partial charge in [-0.2, -0.15) is 0 Å². The van der Waals surface area contributed by atoms with Gasteiger partial charge in [0.2, 0.25) is 11.8 Å². The lowest BCUT2D eigenvalue weighted by Gasteiger charge is -2.33. The highest BCUT2D eigenvalue weighted by Crippen LogP contribution is 2.40. The monoisotopic (exact) mass is 774 g/mol. The lowest BCUT2D eigenvalue weighted by atomic mass is 9.81. The minimum atomic E-state index is -0.687. The van der Waals surface area contributed by atoms with Crippen molar-refractivity contribution in [3.8, 4) is 28.4 Å². The number of rotatable bonds is 12. The van der Waals surface area contributed by atoms with E-state index in [-0.39, 0.29) is 28.8 Å². The Morgan fingerprint density at radius 3 is 2.57 bits per heavy atom. The van der Waals surface area contributed by atoms with E-state index in [9.17, 15) is 19.5 Å². The Balaban J connectivity index is 1.03. The van der Waals surface area contributed by atoms with Gasteiger partial charge in [-0.25, -0.2) is 9.97 Å². The lowest BCUT2D eigenvalue weighted by Crippen LogP contribution is -2.36. The first-order valence-corrected chi connectivity index (χ1v) is 19.1. The number of aromatic nitrogens is 4. The average molecular weight is 776 g/mol. The van der Waals surface area contributed by atoms with E-state index in [4.69, 9.17) is 37.9 Å². The standard InChI is InChI=1S/C39H44Cl2N8O5/c1-48-31-15-17-49(20-22-6-8-23(9-7-22)39(52)53)21-30(31)45-36(48)37(51)46-29-5-3-4-27(33(29)40)35-34(41)26(14-16-43-35)28-12-10-24(38(47-28)54-2)18-42-19-25-11-13-32(50)44-25/h3-5,10,12,14,16,22-23,25,42H,6-9,11,13,15,17-21H2,1-2H3,(H,44,50)(H,46,51)(H,52,53)/t22-,23+,25-/m0/s1. The van der Waals surface area contributed by atoms with E-state index < -0.39 is 5.97 Å². The second-order valence-electron chi connectivity index (χ2n) is 14.4. The maximum absolute atomic E-state index is 13.7. The molecule has 4 N–H and O–H groups in total. The summed E-state index contributed by atoms with van der Waals surface area (Å²) in [5, 5.41) is 19.3. The number of carboxylic acid groups (broad SMARTS) is 1. The summed E-state index contributed by atoms with van der Waals surface area (Å²) in [6.07, 6.45) is 7.08. The average Bonchev–Trinajstić information content (AvgIpc) is 3.74. The molecule has 3 aromatic heterocycles. The summed E-state index contributed by atoms with van der Waals surface area (Å²) in [6.45, 7) is 3.58. The summed E-state index contributed by atoms with van der Waals surface area (Å²) < 4.78 is 7.48. The number of hydrogen-bond acceptors (Lipinski definition) is 9. The molecule has 5 heterocycles. The largest absolute Gasteiger partial charge is 0.481 e. The highest BCUT2D eigenvalue weighted by molar-refractivity contribution is 6.39. The van der Waals surface area contributed by atoms with Crippen LogP contribution in [0.5, 0.6) is 5.88 Å². The number of aliphatic carboxylic acids is 1. The van der Waals surface area contributed by atoms with Gasteiger partial charge in [-0.05, 0) is 56.2 Å². The van der Waals surface area contributed by atoms with Crippen molar-refractivity contribution >= 4 is 46.7 Å². The number of halogens is 2. The van der Waals surface area contributed by atoms with Gasteiger partial charge in [-0.3, -0.25) is 24.3 Å². The predicted octanol–water partition coefficient (Wildman–Crippen LogP) is 5.73. The number of anilines is 1. The molecular formula is C39H44Cl2N8O5. The zero-order chi connectivity index (χ0) is 37.9. The van der Waals surface area contributed by atoms with Crippen molar-refractivity contribution in [1.29, 1.82) is 0 Å². The number of fused-ring (bicyclic) bond motifs is 1. The summed E-state index contributed by atoms with van der Waals surface area (Å²) in [5.41, 5.74) is 5.39. The van der Waals surface area contributed by atoms with Crippen molar-refractivity contribution in [1.82, 2.24) is 35.1 Å². The Labute approximate surface area is 323 Å². The molecule has 1 aromatic carbocycles. The van der Waals surface area contributed by atoms with Gasteiger partial charge in [-0.1, -0.05) is 41.4 Å². The topological polar surface area (TPSA) is 164 Å². The smallest absolute Gasteiger partial charge is 0.306 e. The van der Waals surface area contributed by atoms with Gasteiger partial charge in [0.25, 0.3) is 5.91 Å². The van der Waals surface area contributed by atoms with Crippen LogP contribution in [0.3, 0.4) is 0 Å². The van der Waals surface area contributed by atoms with Crippen LogP contribution < -0.4 is 20.7 Å². The SMILES string of the molecule is COc1nc(-c2ccnc(-c3cccc(NC(=O)c4nc5c(n4C)CCN(C[C@H]4CC[C@@H](C(=O)O)CC4)C5)c3Cl)c2Cl)ccc1CNC[C@@H]1CCC(=O)N1. The molecule has 13 nitrogen and oxygen atoms in total. The van der Waals surface area contributed by atoms with Crippen LogP contribution in [0, 0.1) is 11.8 Å². The number of carbonyl (C=O) groups is 3. The van der Waals surface area contributed by atoms with Gasteiger partial charge in [0, 0.05) is 87.2 Å². The summed E-state index contributed by atoms with van der Waals surface area (Å²) in [4.78, 5) is 53.0. The van der Waals surface area contributed by atoms with Crippen molar-refractivity contribution < 1.29 is 24.2 Å². The van der Waals surface area contributed by atoms with Gasteiger partial charge in [0.05, 0.1) is 45.8 Å². The quantitative estimate of drug-likeness (QED) is 0.140. The van der Waals surface area contributed by atoms with Crippen LogP contribution in [0.4, 0.5) is 5.69 Å². The Kier molecular flexibility index (Phi) is 11.5. The molecule has 54 heavy (non-hydrogen) atoms. The summed E-state index contributed by atoms with van der Waals surface area (Å²) >= 11 is 14.0. The molecule has 0 radical (unpaired) electrons. The van der Waals surface area contributed by atoms with Gasteiger partial charge < -0.3 is 30.4 Å². The van der Waals surface area contributed by atoms with E-state index in [2.05, 4.69) is 25.8 Å². The molecule has 0 spiro atoms. The molecular weight excluding hydrogens is 731 g/mol. The van der Waals surface area contributed by atoms with Crippen molar-refractivity contribution in [2.45, 2.75) is 64.1 Å². The summed E-state index contributed by atoms with van der Waals surface area (Å²) in [5.74, 6) is 0.0169. The zero-order valence-electron chi connectivity index (χ0n) is 30.3. The fourth-order valence-electron chi connectivity index (χ4n) is 7.86. The normalized spacial score (nSPS) is 20.0. The molecule has 2 fully saturated rings. The number of imidazole rings is 1. The van der Waals surface area contributed by atoms with E-state index in [1.54, 1.807) is 37.6 Å². The second kappa shape index (κ2) is 16.4. The van der Waals surface area contributed by atoms with E-state index in [0.717, 1.165) is 68.6 Å². The van der Waals surface area contributed by atoms with E-state index in [0.29, 0.717) is 76.9 Å². The van der Waals surface area contributed by atoms with E-state index in [1.165, 1.54) is 0 Å². The first kappa shape index (κ1) is 37.7. The number of methoxy groups -OCH3 is 1. The van der Waals surface area contributed by atoms with Gasteiger partial charge in [0.15, 0.2) is 5.82 Å². The molecule has 15 heteroatoms. The molecule has 7 rings (SSSR count). The molecule has 1 saturated heterocycles. The Bertz CT molecular complexity index is 2060. The minimum absolute atomic E-state index is 0.0824. The lowest BCUT2D eigenvalue weighted by molar-refractivity contribution is -0.143. The van der Waals surface area contributed by atoms with Crippen LogP contribution in [0.2, 0.25) is 10.0 Å². The van der Waals surface area contributed by atoms with Crippen molar-refractivity contribution in [3.05, 3.63) is 75.4 Å². The maximum Gasteiger partial charge on any atom is 0.306 e. The third-order valence-electron chi connectivity index (χ3n) is 10.8. The van der Waals surface area contributed by atoms with Gasteiger partial charge in [0.1, 0.15) is 0 Å². The van der Waals surface area contributed by atoms with Crippen molar-refractivity contribution in [2.75, 3.05) is 32.1 Å². The second-order valence-corrected chi connectivity index (χ2v) is 15.1. The van der Waals surface area contributed by atoms with Crippen LogP contribution in [0.15, 0.2) is 42.6 Å². The van der Waals surface area contributed by atoms with Gasteiger partial charge >= 0.3 is 5.97 Å². The molecule has 0 unspecified atom stereocenters. The third-order valence-corrected chi connectivity index (χ3v) is 11.6. The molecule has 284 valence electrons. The third kappa shape index (κ3) is 8.09. The first-order valence-electron chi connectivity index (χ1n) is 18.4. The highest BCUT2D eigenvalue weighted by atomic mass is 35.5. The highest BCUT2D eigenvalue weighted by Gasteiger charge is 2.30. The number of pyridine rings is 2. The number of hydrogen-bond donors (Lipinski definition) is 4. The van der Waals surface area contributed by atoms with E-state index in [1.807, 2.05) is 23.7 Å². The van der Waals surface area contributed by atoms with Crippen molar-refractivity contribution in [3.63, 3.8) is 0 Å². The summed E-state index contributed by atoms with van der Waals surface area (Å²) in [6, 6.07) is 11.0. The number of nitrogens with one attached hydrogen (secondary N) is 3. The van der Waals surface area contributed by atoms with Crippen molar-refractivity contribution in [2.24, 2.45) is 18.9 Å². The maximum atomic E-state index is 13.7. The number of carboxylic acids is 1. The number of benzene rings is 1. The molecule has 1 atom stereocenters. The Morgan fingerprint density at radius 2 is 1.83 bits per heavy atom. The predicted molar refractivity (Wildman–Crippen MR) is 206 cm³/mol. The fourth-order valence-corrected chi connectivity index (χ4v) is 8.43. The Hall–Kier alpha value is -4.56. The van der Waals surface area contributed by atoms with Crippen LogP contribution in [0.25, 0.3) is 22.5 Å². The molecule has 2 aliphatic heterocycles. The Morgan fingerprint density at radius 1 is 1.02 bits per heavy atom. The van der Waals surface area contributed by atoms with Crippen LogP contribution in [-0.2, 0) is 36.1 Å². The molecule has 3 aliphatic rings. The summed E-state index contributed by atoms with van der Waals surface area (Å²) in [7, 11) is 3.43. The minimum Gasteiger partial charge on any atom is -0.481 e. The van der Waals surface area contributed by atoms with Crippen LogP contribution in [0.1, 0.15) is 66.1 Å². The number of ether oxygens (including phenoxy) is 1. The van der Waals surface area contributed by atoms with Crippen LogP contribution in [-0.4, -0.2) is 80.1 Å². The molecule has 4 aromatic rings.